The van der Waals surface area contributed by atoms with Crippen LogP contribution in [0.3, 0.4) is 0 Å². The quantitative estimate of drug-likeness (QED) is 0.516. The molecule has 1 amide bonds. The van der Waals surface area contributed by atoms with Crippen LogP contribution in [0.4, 0.5) is 5.69 Å². The summed E-state index contributed by atoms with van der Waals surface area (Å²) in [5, 5.41) is 3.21. The Morgan fingerprint density at radius 3 is 2.86 bits per heavy atom. The molecule has 1 heterocycles. The van der Waals surface area contributed by atoms with Crippen molar-refractivity contribution in [2.24, 2.45) is 0 Å². The molecule has 28 heavy (non-hydrogen) atoms. The van der Waals surface area contributed by atoms with Crippen molar-refractivity contribution >= 4 is 40.9 Å². The molecule has 0 saturated carbocycles. The minimum Gasteiger partial charge on any atom is -0.449 e. The van der Waals surface area contributed by atoms with Crippen molar-refractivity contribution in [3.8, 4) is 0 Å². The number of esters is 1. The van der Waals surface area contributed by atoms with Crippen LogP contribution in [-0.4, -0.2) is 36.4 Å². The first-order chi connectivity index (χ1) is 13.5. The third-order valence-electron chi connectivity index (χ3n) is 4.30. The molecule has 1 aliphatic rings. The largest absolute Gasteiger partial charge is 0.449 e. The third kappa shape index (κ3) is 5.74. The molecule has 5 nitrogen and oxygen atoms in total. The lowest BCUT2D eigenvalue weighted by molar-refractivity contribution is -0.123. The number of ether oxygens (including phenoxy) is 2. The monoisotopic (exact) mass is 419 g/mol. The van der Waals surface area contributed by atoms with Crippen LogP contribution in [0.25, 0.3) is 0 Å². The fourth-order valence-electron chi connectivity index (χ4n) is 2.81. The van der Waals surface area contributed by atoms with Gasteiger partial charge in [-0.15, -0.1) is 11.8 Å². The number of hydrogen-bond donors (Lipinski definition) is 1. The van der Waals surface area contributed by atoms with Crippen LogP contribution in [-0.2, 0) is 14.3 Å². The molecule has 0 radical (unpaired) electrons. The van der Waals surface area contributed by atoms with Gasteiger partial charge in [-0.2, -0.15) is 0 Å². The molecule has 1 saturated heterocycles. The summed E-state index contributed by atoms with van der Waals surface area (Å²) >= 11 is 7.49. The second kappa shape index (κ2) is 9.96. The van der Waals surface area contributed by atoms with Gasteiger partial charge in [0.25, 0.3) is 5.91 Å². The standard InChI is InChI=1S/C21H22ClNO4S/c1-14(20(24)23-16-7-4-6-15(22)12-16)27-21(25)18-9-2-3-10-19(18)28-13-17-8-5-11-26-17/h2-4,6-7,9-10,12,14,17H,5,8,11,13H2,1H3,(H,23,24)/t14-,17+/m1/s1. The van der Waals surface area contributed by atoms with Gasteiger partial charge in [-0.1, -0.05) is 29.8 Å². The summed E-state index contributed by atoms with van der Waals surface area (Å²) < 4.78 is 11.0. The van der Waals surface area contributed by atoms with Crippen LogP contribution in [0.1, 0.15) is 30.1 Å². The first-order valence-electron chi connectivity index (χ1n) is 9.14. The molecule has 1 fully saturated rings. The van der Waals surface area contributed by atoms with Gasteiger partial charge in [0, 0.05) is 28.0 Å². The summed E-state index contributed by atoms with van der Waals surface area (Å²) in [6.45, 7) is 2.34. The molecule has 1 N–H and O–H groups in total. The summed E-state index contributed by atoms with van der Waals surface area (Å²) in [5.41, 5.74) is 1.00. The molecule has 2 aromatic carbocycles. The number of thioether (sulfide) groups is 1. The van der Waals surface area contributed by atoms with Gasteiger partial charge in [-0.3, -0.25) is 4.79 Å². The van der Waals surface area contributed by atoms with Gasteiger partial charge in [0.2, 0.25) is 0 Å². The maximum absolute atomic E-state index is 12.6. The smallest absolute Gasteiger partial charge is 0.340 e. The molecule has 0 aliphatic carbocycles. The topological polar surface area (TPSA) is 64.6 Å². The average molecular weight is 420 g/mol. The van der Waals surface area contributed by atoms with E-state index in [0.29, 0.717) is 16.3 Å². The number of halogens is 1. The Morgan fingerprint density at radius 1 is 1.29 bits per heavy atom. The van der Waals surface area contributed by atoms with Crippen molar-refractivity contribution in [3.63, 3.8) is 0 Å². The fourth-order valence-corrected chi connectivity index (χ4v) is 4.11. The van der Waals surface area contributed by atoms with Crippen molar-refractivity contribution in [3.05, 3.63) is 59.1 Å². The van der Waals surface area contributed by atoms with Crippen molar-refractivity contribution in [1.29, 1.82) is 0 Å². The van der Waals surface area contributed by atoms with Crippen LogP contribution in [0.2, 0.25) is 5.02 Å². The maximum atomic E-state index is 12.6. The highest BCUT2D eigenvalue weighted by Crippen LogP contribution is 2.27. The summed E-state index contributed by atoms with van der Waals surface area (Å²) in [7, 11) is 0. The van der Waals surface area contributed by atoms with Gasteiger partial charge in [0.05, 0.1) is 11.7 Å². The minimum atomic E-state index is -0.942. The zero-order chi connectivity index (χ0) is 19.9. The Hall–Kier alpha value is -2.02. The minimum absolute atomic E-state index is 0.219. The average Bonchev–Trinajstić information content (AvgIpc) is 3.20. The van der Waals surface area contributed by atoms with E-state index in [1.165, 1.54) is 0 Å². The van der Waals surface area contributed by atoms with E-state index in [-0.39, 0.29) is 6.10 Å². The Labute approximate surface area is 173 Å². The highest BCUT2D eigenvalue weighted by atomic mass is 35.5. The molecule has 0 aromatic heterocycles. The zero-order valence-corrected chi connectivity index (χ0v) is 17.1. The number of carbonyl (C=O) groups is 2. The molecule has 2 aromatic rings. The molecule has 0 spiro atoms. The van der Waals surface area contributed by atoms with Gasteiger partial charge < -0.3 is 14.8 Å². The van der Waals surface area contributed by atoms with Crippen molar-refractivity contribution in [2.75, 3.05) is 17.7 Å². The Kier molecular flexibility index (Phi) is 7.36. The molecule has 1 aliphatic heterocycles. The fraction of sp³-hybridized carbons (Fsp3) is 0.333. The second-order valence-corrected chi connectivity index (χ2v) is 7.99. The van der Waals surface area contributed by atoms with Gasteiger partial charge in [-0.05, 0) is 50.1 Å². The summed E-state index contributed by atoms with van der Waals surface area (Å²) in [4.78, 5) is 25.8. The van der Waals surface area contributed by atoms with Crippen LogP contribution < -0.4 is 5.32 Å². The normalized spacial score (nSPS) is 17.1. The number of benzene rings is 2. The first-order valence-corrected chi connectivity index (χ1v) is 10.5. The summed E-state index contributed by atoms with van der Waals surface area (Å²) in [6, 6.07) is 14.0. The molecular formula is C21H22ClNO4S. The molecule has 3 rings (SSSR count). The van der Waals surface area contributed by atoms with Gasteiger partial charge in [0.1, 0.15) is 0 Å². The molecular weight excluding hydrogens is 398 g/mol. The number of hydrogen-bond acceptors (Lipinski definition) is 5. The van der Waals surface area contributed by atoms with E-state index in [1.54, 1.807) is 55.1 Å². The SMILES string of the molecule is C[C@@H](OC(=O)c1ccccc1SC[C@@H]1CCCO1)C(=O)Nc1cccc(Cl)c1. The van der Waals surface area contributed by atoms with Crippen LogP contribution in [0.5, 0.6) is 0 Å². The number of amides is 1. The van der Waals surface area contributed by atoms with E-state index in [4.69, 9.17) is 21.1 Å². The first kappa shape index (κ1) is 20.7. The van der Waals surface area contributed by atoms with E-state index in [2.05, 4.69) is 5.32 Å². The lowest BCUT2D eigenvalue weighted by Crippen LogP contribution is -2.30. The highest BCUT2D eigenvalue weighted by molar-refractivity contribution is 7.99. The lowest BCUT2D eigenvalue weighted by atomic mass is 10.2. The third-order valence-corrected chi connectivity index (χ3v) is 5.74. The summed E-state index contributed by atoms with van der Waals surface area (Å²) in [5.74, 6) is -0.154. The molecule has 7 heteroatoms. The number of anilines is 1. The van der Waals surface area contributed by atoms with E-state index in [9.17, 15) is 9.59 Å². The molecule has 0 bridgehead atoms. The number of nitrogens with one attached hydrogen (secondary N) is 1. The van der Waals surface area contributed by atoms with Crippen LogP contribution in [0, 0.1) is 0 Å². The van der Waals surface area contributed by atoms with E-state index < -0.39 is 18.0 Å². The molecule has 148 valence electrons. The predicted octanol–water partition coefficient (Wildman–Crippen LogP) is 4.80. The second-order valence-electron chi connectivity index (χ2n) is 6.49. The summed E-state index contributed by atoms with van der Waals surface area (Å²) in [6.07, 6.45) is 1.40. The Balaban J connectivity index is 1.59. The zero-order valence-electron chi connectivity index (χ0n) is 15.5. The van der Waals surface area contributed by atoms with Crippen LogP contribution in [0.15, 0.2) is 53.4 Å². The number of carbonyl (C=O) groups excluding carboxylic acids is 2. The van der Waals surface area contributed by atoms with Crippen LogP contribution >= 0.6 is 23.4 Å². The highest BCUT2D eigenvalue weighted by Gasteiger charge is 2.22. The molecule has 2 atom stereocenters. The predicted molar refractivity (Wildman–Crippen MR) is 111 cm³/mol. The van der Waals surface area contributed by atoms with Crippen molar-refractivity contribution in [2.45, 2.75) is 36.9 Å². The maximum Gasteiger partial charge on any atom is 0.340 e. The van der Waals surface area contributed by atoms with E-state index >= 15 is 0 Å². The van der Waals surface area contributed by atoms with E-state index in [0.717, 1.165) is 30.1 Å². The Morgan fingerprint density at radius 2 is 2.11 bits per heavy atom. The van der Waals surface area contributed by atoms with Gasteiger partial charge in [0.15, 0.2) is 6.10 Å². The van der Waals surface area contributed by atoms with Crippen molar-refractivity contribution < 1.29 is 19.1 Å². The Bertz CT molecular complexity index is 839. The van der Waals surface area contributed by atoms with Gasteiger partial charge >= 0.3 is 5.97 Å². The molecule has 0 unspecified atom stereocenters. The number of rotatable bonds is 7. The van der Waals surface area contributed by atoms with Crippen molar-refractivity contribution in [1.82, 2.24) is 0 Å². The lowest BCUT2D eigenvalue weighted by Gasteiger charge is -2.15. The van der Waals surface area contributed by atoms with Gasteiger partial charge in [-0.25, -0.2) is 4.79 Å². The van der Waals surface area contributed by atoms with E-state index in [1.807, 2.05) is 12.1 Å².